The number of carbonyl (C=O) groups is 1. The van der Waals surface area contributed by atoms with E-state index in [0.717, 1.165) is 38.8 Å². The molecule has 0 spiro atoms. The Balaban J connectivity index is 2.04. The lowest BCUT2D eigenvalue weighted by Crippen LogP contribution is -2.43. The summed E-state index contributed by atoms with van der Waals surface area (Å²) in [7, 11) is 0. The summed E-state index contributed by atoms with van der Waals surface area (Å²) in [6.07, 6.45) is 4.15. The van der Waals surface area contributed by atoms with Crippen molar-refractivity contribution in [2.75, 3.05) is 26.3 Å². The van der Waals surface area contributed by atoms with Gasteiger partial charge in [-0.15, -0.1) is 0 Å². The van der Waals surface area contributed by atoms with E-state index in [-0.39, 0.29) is 11.8 Å². The van der Waals surface area contributed by atoms with Crippen LogP contribution in [-0.2, 0) is 9.53 Å². The summed E-state index contributed by atoms with van der Waals surface area (Å²) < 4.78 is 5.41. The predicted molar refractivity (Wildman–Crippen MR) is 68.9 cm³/mol. The average Bonchev–Trinajstić information content (AvgIpc) is 2.33. The van der Waals surface area contributed by atoms with Crippen LogP contribution in [0.2, 0.25) is 0 Å². The van der Waals surface area contributed by atoms with Gasteiger partial charge < -0.3 is 15.4 Å². The molecule has 1 heterocycles. The summed E-state index contributed by atoms with van der Waals surface area (Å²) in [6.45, 7) is 7.30. The van der Waals surface area contributed by atoms with Crippen LogP contribution in [0.3, 0.4) is 0 Å². The van der Waals surface area contributed by atoms with Crippen LogP contribution in [0.1, 0.15) is 39.5 Å². The van der Waals surface area contributed by atoms with Crippen molar-refractivity contribution in [2.24, 2.45) is 5.92 Å². The monoisotopic (exact) mass is 242 g/mol. The Kier molecular flexibility index (Phi) is 7.21. The van der Waals surface area contributed by atoms with Gasteiger partial charge in [0.1, 0.15) is 0 Å². The van der Waals surface area contributed by atoms with Crippen molar-refractivity contribution in [3.63, 3.8) is 0 Å². The Hall–Kier alpha value is -0.610. The molecule has 0 aromatic carbocycles. The first-order valence-corrected chi connectivity index (χ1v) is 6.83. The van der Waals surface area contributed by atoms with Crippen molar-refractivity contribution < 1.29 is 9.53 Å². The maximum absolute atomic E-state index is 11.8. The first-order valence-electron chi connectivity index (χ1n) is 6.83. The molecule has 4 nitrogen and oxygen atoms in total. The summed E-state index contributed by atoms with van der Waals surface area (Å²) in [5.74, 6) is 0.374. The van der Waals surface area contributed by atoms with Crippen molar-refractivity contribution in [1.82, 2.24) is 10.6 Å². The largest absolute Gasteiger partial charge is 0.380 e. The fourth-order valence-corrected chi connectivity index (χ4v) is 2.11. The van der Waals surface area contributed by atoms with Crippen LogP contribution in [0.4, 0.5) is 0 Å². The van der Waals surface area contributed by atoms with E-state index < -0.39 is 0 Å². The van der Waals surface area contributed by atoms with Gasteiger partial charge in [0.2, 0.25) is 5.91 Å². The van der Waals surface area contributed by atoms with Crippen LogP contribution < -0.4 is 10.6 Å². The van der Waals surface area contributed by atoms with Gasteiger partial charge in [0.25, 0.3) is 0 Å². The molecule has 0 saturated carbocycles. The highest BCUT2D eigenvalue weighted by Gasteiger charge is 2.24. The number of nitrogens with one attached hydrogen (secondary N) is 2. The van der Waals surface area contributed by atoms with E-state index in [1.807, 2.05) is 0 Å². The van der Waals surface area contributed by atoms with Gasteiger partial charge in [-0.05, 0) is 32.7 Å². The molecule has 2 atom stereocenters. The zero-order valence-electron chi connectivity index (χ0n) is 11.1. The molecule has 100 valence electrons. The van der Waals surface area contributed by atoms with Gasteiger partial charge in [0.05, 0.1) is 6.61 Å². The number of piperidine rings is 1. The third kappa shape index (κ3) is 6.03. The smallest absolute Gasteiger partial charge is 0.223 e. The van der Waals surface area contributed by atoms with Crippen LogP contribution in [0, 0.1) is 5.92 Å². The molecule has 1 aliphatic rings. The van der Waals surface area contributed by atoms with Gasteiger partial charge in [-0.3, -0.25) is 4.79 Å². The average molecular weight is 242 g/mol. The lowest BCUT2D eigenvalue weighted by molar-refractivity contribution is -0.126. The van der Waals surface area contributed by atoms with E-state index in [1.165, 1.54) is 0 Å². The van der Waals surface area contributed by atoms with E-state index in [9.17, 15) is 4.79 Å². The van der Waals surface area contributed by atoms with Crippen molar-refractivity contribution in [3.05, 3.63) is 0 Å². The zero-order valence-corrected chi connectivity index (χ0v) is 11.1. The third-order valence-electron chi connectivity index (χ3n) is 3.18. The number of hydrogen-bond donors (Lipinski definition) is 2. The van der Waals surface area contributed by atoms with Crippen LogP contribution >= 0.6 is 0 Å². The molecule has 1 fully saturated rings. The van der Waals surface area contributed by atoms with Crippen LogP contribution in [0.5, 0.6) is 0 Å². The minimum atomic E-state index is 0.182. The minimum absolute atomic E-state index is 0.182. The summed E-state index contributed by atoms with van der Waals surface area (Å²) in [4.78, 5) is 11.8. The summed E-state index contributed by atoms with van der Waals surface area (Å²) in [5.41, 5.74) is 0. The first-order chi connectivity index (χ1) is 8.24. The predicted octanol–water partition coefficient (Wildman–Crippen LogP) is 1.31. The molecule has 0 unspecified atom stereocenters. The number of ether oxygens (including phenoxy) is 1. The second-order valence-electron chi connectivity index (χ2n) is 4.83. The molecule has 1 aliphatic heterocycles. The number of rotatable bonds is 7. The van der Waals surface area contributed by atoms with E-state index >= 15 is 0 Å². The van der Waals surface area contributed by atoms with E-state index in [4.69, 9.17) is 4.74 Å². The minimum Gasteiger partial charge on any atom is -0.380 e. The Morgan fingerprint density at radius 1 is 1.47 bits per heavy atom. The highest BCUT2D eigenvalue weighted by atomic mass is 16.5. The molecule has 1 amide bonds. The zero-order chi connectivity index (χ0) is 12.5. The van der Waals surface area contributed by atoms with E-state index in [2.05, 4.69) is 24.5 Å². The molecule has 0 aliphatic carbocycles. The number of unbranched alkanes of at least 4 members (excludes halogenated alkanes) is 1. The highest BCUT2D eigenvalue weighted by Crippen LogP contribution is 2.15. The van der Waals surface area contributed by atoms with Crippen molar-refractivity contribution >= 4 is 5.91 Å². The Labute approximate surface area is 104 Å². The third-order valence-corrected chi connectivity index (χ3v) is 3.18. The van der Waals surface area contributed by atoms with Gasteiger partial charge in [-0.2, -0.15) is 0 Å². The number of carbonyl (C=O) groups excluding carboxylic acids is 1. The molecule has 17 heavy (non-hydrogen) atoms. The Morgan fingerprint density at radius 3 is 3.00 bits per heavy atom. The van der Waals surface area contributed by atoms with Crippen molar-refractivity contribution in [3.8, 4) is 0 Å². The molecule has 1 saturated heterocycles. The molecule has 0 aromatic heterocycles. The second-order valence-corrected chi connectivity index (χ2v) is 4.83. The Bertz CT molecular complexity index is 221. The number of amides is 1. The van der Waals surface area contributed by atoms with Crippen LogP contribution in [0.25, 0.3) is 0 Å². The summed E-state index contributed by atoms with van der Waals surface area (Å²) in [5, 5.41) is 6.31. The summed E-state index contributed by atoms with van der Waals surface area (Å²) in [6, 6.07) is 0.459. The maximum Gasteiger partial charge on any atom is 0.223 e. The van der Waals surface area contributed by atoms with Crippen molar-refractivity contribution in [2.45, 2.75) is 45.6 Å². The number of hydrogen-bond acceptors (Lipinski definition) is 3. The normalized spacial score (nSPS) is 24.6. The fourth-order valence-electron chi connectivity index (χ4n) is 2.11. The highest BCUT2D eigenvalue weighted by molar-refractivity contribution is 5.78. The standard InChI is InChI=1S/C13H26N2O2/c1-3-4-8-17-9-7-15-13(16)12-5-6-14-11(2)10-12/h11-12,14H,3-10H2,1-2H3,(H,15,16)/t11-,12-/m0/s1. The molecular weight excluding hydrogens is 216 g/mol. The lowest BCUT2D eigenvalue weighted by atomic mass is 9.92. The SMILES string of the molecule is CCCCOCCNC(=O)[C@H]1CCN[C@@H](C)C1. The van der Waals surface area contributed by atoms with Crippen LogP contribution in [0.15, 0.2) is 0 Å². The van der Waals surface area contributed by atoms with Gasteiger partial charge in [-0.1, -0.05) is 13.3 Å². The molecule has 0 bridgehead atoms. The molecule has 2 N–H and O–H groups in total. The lowest BCUT2D eigenvalue weighted by Gasteiger charge is -2.27. The maximum atomic E-state index is 11.8. The summed E-state index contributed by atoms with van der Waals surface area (Å²) >= 11 is 0. The molecule has 0 aromatic rings. The van der Waals surface area contributed by atoms with Gasteiger partial charge >= 0.3 is 0 Å². The van der Waals surface area contributed by atoms with Gasteiger partial charge in [-0.25, -0.2) is 0 Å². The van der Waals surface area contributed by atoms with E-state index in [1.54, 1.807) is 0 Å². The molecular formula is C13H26N2O2. The second kappa shape index (κ2) is 8.48. The molecule has 1 rings (SSSR count). The van der Waals surface area contributed by atoms with Crippen LogP contribution in [-0.4, -0.2) is 38.3 Å². The van der Waals surface area contributed by atoms with Crippen molar-refractivity contribution in [1.29, 1.82) is 0 Å². The van der Waals surface area contributed by atoms with E-state index in [0.29, 0.717) is 19.2 Å². The quantitative estimate of drug-likeness (QED) is 0.662. The van der Waals surface area contributed by atoms with Gasteiger partial charge in [0, 0.05) is 25.1 Å². The first kappa shape index (κ1) is 14.5. The topological polar surface area (TPSA) is 50.4 Å². The fraction of sp³-hybridized carbons (Fsp3) is 0.923. The van der Waals surface area contributed by atoms with Gasteiger partial charge in [0.15, 0.2) is 0 Å². The Morgan fingerprint density at radius 2 is 2.29 bits per heavy atom. The molecule has 0 radical (unpaired) electrons. The molecule has 4 heteroatoms.